The van der Waals surface area contributed by atoms with Crippen molar-refractivity contribution in [3.63, 3.8) is 0 Å². The minimum atomic E-state index is -1.29. The topological polar surface area (TPSA) is 125 Å². The molecule has 0 radical (unpaired) electrons. The number of aromatic nitrogens is 1. The van der Waals surface area contributed by atoms with Crippen molar-refractivity contribution in [3.8, 4) is 17.1 Å². The highest BCUT2D eigenvalue weighted by Crippen LogP contribution is 2.68. The Bertz CT molecular complexity index is 1690. The molecule has 0 amide bonds. The van der Waals surface area contributed by atoms with Gasteiger partial charge < -0.3 is 23.7 Å². The molecule has 2 fully saturated rings. The van der Waals surface area contributed by atoms with Crippen LogP contribution in [0.4, 0.5) is 0 Å². The summed E-state index contributed by atoms with van der Waals surface area (Å²) in [5.41, 5.74) is -2.27. The Balaban J connectivity index is 1.50. The molecule has 3 unspecified atom stereocenters. The number of rotatable bonds is 5. The maximum Gasteiger partial charge on any atom is 0.345 e. The second-order valence-electron chi connectivity index (χ2n) is 13.5. The summed E-state index contributed by atoms with van der Waals surface area (Å²) in [5.74, 6) is -1.30. The number of esters is 2. The van der Waals surface area contributed by atoms with E-state index in [1.54, 1.807) is 54.9 Å². The van der Waals surface area contributed by atoms with E-state index < -0.39 is 46.2 Å². The fraction of sp³-hybridized carbons (Fsp3) is 0.486. The number of carbonyl (C=O) groups is 2. The van der Waals surface area contributed by atoms with E-state index >= 15 is 0 Å². The number of ether oxygens (including phenoxy) is 3. The molecule has 1 aliphatic heterocycles. The van der Waals surface area contributed by atoms with Gasteiger partial charge in [-0.15, -0.1) is 0 Å². The molecule has 3 heterocycles. The van der Waals surface area contributed by atoms with Gasteiger partial charge in [-0.2, -0.15) is 0 Å². The van der Waals surface area contributed by atoms with Crippen molar-refractivity contribution in [2.45, 2.75) is 71.7 Å². The van der Waals surface area contributed by atoms with Crippen LogP contribution in [0.2, 0.25) is 5.02 Å². The van der Waals surface area contributed by atoms with Gasteiger partial charge in [0.1, 0.15) is 28.8 Å². The van der Waals surface area contributed by atoms with E-state index in [-0.39, 0.29) is 52.1 Å². The minimum Gasteiger partial charge on any atom is -0.482 e. The van der Waals surface area contributed by atoms with Crippen molar-refractivity contribution < 1.29 is 33.3 Å². The summed E-state index contributed by atoms with van der Waals surface area (Å²) in [6.45, 7) is 9.74. The number of hydrogen-bond donors (Lipinski definition) is 1. The van der Waals surface area contributed by atoms with E-state index in [0.717, 1.165) is 12.8 Å². The SMILES string of the molecule is CC(=O)OC[C@]1(C)C2C[C@H](OC(=O)c3ccccc3Cl)[C@@]3(C)Oc4cc(-c5cccnc5)oc(=O)c4C(O)C3[C@@]2(C)CC[C@@H]1C. The van der Waals surface area contributed by atoms with Gasteiger partial charge in [-0.25, -0.2) is 9.59 Å². The van der Waals surface area contributed by atoms with Crippen molar-refractivity contribution in [3.05, 3.63) is 81.4 Å². The monoisotopic (exact) mass is 635 g/mol. The quantitative estimate of drug-likeness (QED) is 0.317. The van der Waals surface area contributed by atoms with Gasteiger partial charge in [-0.1, -0.05) is 44.5 Å². The first kappa shape index (κ1) is 31.3. The summed E-state index contributed by atoms with van der Waals surface area (Å²) in [7, 11) is 0. The molecule has 9 nitrogen and oxygen atoms in total. The summed E-state index contributed by atoms with van der Waals surface area (Å²) in [4.78, 5) is 43.4. The summed E-state index contributed by atoms with van der Waals surface area (Å²) in [6, 6.07) is 11.7. The minimum absolute atomic E-state index is 0.0310. The zero-order valence-corrected chi connectivity index (χ0v) is 26.8. The van der Waals surface area contributed by atoms with E-state index in [9.17, 15) is 19.5 Å². The molecular formula is C35H38ClNO8. The third kappa shape index (κ3) is 5.04. The highest BCUT2D eigenvalue weighted by atomic mass is 35.5. The summed E-state index contributed by atoms with van der Waals surface area (Å²) in [5, 5.41) is 12.5. The fourth-order valence-electron chi connectivity index (χ4n) is 8.52. The lowest BCUT2D eigenvalue weighted by Gasteiger charge is -2.66. The molecule has 2 saturated carbocycles. The summed E-state index contributed by atoms with van der Waals surface area (Å²) < 4.78 is 24.4. The molecule has 45 heavy (non-hydrogen) atoms. The molecule has 3 aromatic rings. The average molecular weight is 636 g/mol. The van der Waals surface area contributed by atoms with Gasteiger partial charge in [0.15, 0.2) is 0 Å². The second kappa shape index (κ2) is 11.3. The van der Waals surface area contributed by atoms with E-state index in [4.69, 9.17) is 30.2 Å². The molecule has 2 aromatic heterocycles. The zero-order chi connectivity index (χ0) is 32.3. The number of aliphatic hydroxyl groups is 1. The van der Waals surface area contributed by atoms with Crippen LogP contribution in [0.15, 0.2) is 64.1 Å². The average Bonchev–Trinajstić information content (AvgIpc) is 2.99. The molecule has 8 atom stereocenters. The van der Waals surface area contributed by atoms with Gasteiger partial charge in [-0.05, 0) is 67.7 Å². The number of aliphatic hydroxyl groups excluding tert-OH is 1. The van der Waals surface area contributed by atoms with Crippen LogP contribution in [0.25, 0.3) is 11.3 Å². The third-order valence-electron chi connectivity index (χ3n) is 11.0. The number of fused-ring (bicyclic) bond motifs is 4. The van der Waals surface area contributed by atoms with E-state index in [2.05, 4.69) is 25.8 Å². The highest BCUT2D eigenvalue weighted by Gasteiger charge is 2.70. The molecule has 0 saturated heterocycles. The van der Waals surface area contributed by atoms with Crippen LogP contribution < -0.4 is 10.4 Å². The summed E-state index contributed by atoms with van der Waals surface area (Å²) >= 11 is 6.39. The standard InChI is InChI=1S/C35H38ClNO8/c1-19-12-13-33(3)26(34(19,4)18-42-20(2)38)16-27(44-31(40)22-10-6-7-11-23(22)36)35(5)30(33)29(39)28-25(45-35)15-24(43-32(28)41)21-9-8-14-37-17-21/h6-11,14-15,17,19,26-27,29-30,39H,12-13,16,18H2,1-5H3/t19-,26?,27-,29?,30?,33-,34-,35+/m0/s1. The Morgan fingerprint density at radius 3 is 2.60 bits per heavy atom. The number of benzene rings is 1. The molecular weight excluding hydrogens is 598 g/mol. The number of pyridine rings is 1. The van der Waals surface area contributed by atoms with Crippen LogP contribution >= 0.6 is 11.6 Å². The number of nitrogens with zero attached hydrogens (tertiary/aromatic N) is 1. The van der Waals surface area contributed by atoms with Gasteiger partial charge in [0.25, 0.3) is 0 Å². The van der Waals surface area contributed by atoms with Crippen molar-refractivity contribution in [1.82, 2.24) is 4.98 Å². The molecule has 3 aliphatic rings. The van der Waals surface area contributed by atoms with Crippen LogP contribution in [-0.4, -0.2) is 40.3 Å². The van der Waals surface area contributed by atoms with Crippen molar-refractivity contribution in [1.29, 1.82) is 0 Å². The van der Waals surface area contributed by atoms with Crippen LogP contribution in [0.5, 0.6) is 5.75 Å². The maximum atomic E-state index is 13.7. The van der Waals surface area contributed by atoms with Gasteiger partial charge in [0, 0.05) is 42.3 Å². The molecule has 1 N–H and O–H groups in total. The molecule has 10 heteroatoms. The third-order valence-corrected chi connectivity index (χ3v) is 11.3. The first-order valence-electron chi connectivity index (χ1n) is 15.3. The van der Waals surface area contributed by atoms with Gasteiger partial charge in [-0.3, -0.25) is 9.78 Å². The van der Waals surface area contributed by atoms with E-state index in [1.165, 1.54) is 6.92 Å². The lowest BCUT2D eigenvalue weighted by atomic mass is 9.41. The highest BCUT2D eigenvalue weighted by molar-refractivity contribution is 6.33. The van der Waals surface area contributed by atoms with Crippen LogP contribution in [0, 0.1) is 28.6 Å². The summed E-state index contributed by atoms with van der Waals surface area (Å²) in [6.07, 6.45) is 2.93. The normalized spacial score (nSPS) is 33.5. The van der Waals surface area contributed by atoms with Gasteiger partial charge >= 0.3 is 17.6 Å². The lowest BCUT2D eigenvalue weighted by Crippen LogP contribution is -2.70. The Kier molecular flexibility index (Phi) is 7.85. The van der Waals surface area contributed by atoms with E-state index in [0.29, 0.717) is 12.0 Å². The molecule has 238 valence electrons. The molecule has 1 aromatic carbocycles. The molecule has 6 rings (SSSR count). The number of hydrogen-bond acceptors (Lipinski definition) is 9. The number of carbonyl (C=O) groups excluding carboxylic acids is 2. The predicted molar refractivity (Wildman–Crippen MR) is 166 cm³/mol. The first-order valence-corrected chi connectivity index (χ1v) is 15.7. The Morgan fingerprint density at radius 2 is 1.91 bits per heavy atom. The fourth-order valence-corrected chi connectivity index (χ4v) is 8.73. The lowest BCUT2D eigenvalue weighted by molar-refractivity contribution is -0.257. The van der Waals surface area contributed by atoms with Crippen LogP contribution in [-0.2, 0) is 14.3 Å². The zero-order valence-electron chi connectivity index (χ0n) is 26.0. The molecule has 0 spiro atoms. The van der Waals surface area contributed by atoms with Gasteiger partial charge in [0.2, 0.25) is 0 Å². The predicted octanol–water partition coefficient (Wildman–Crippen LogP) is 6.41. The van der Waals surface area contributed by atoms with Gasteiger partial charge in [0.05, 0.1) is 23.3 Å². The smallest absolute Gasteiger partial charge is 0.345 e. The Morgan fingerprint density at radius 1 is 1.16 bits per heavy atom. The van der Waals surface area contributed by atoms with Crippen molar-refractivity contribution >= 4 is 23.5 Å². The largest absolute Gasteiger partial charge is 0.482 e. The Hall–Kier alpha value is -3.69. The molecule has 2 aliphatic carbocycles. The molecule has 0 bridgehead atoms. The number of halogens is 1. The maximum absolute atomic E-state index is 13.7. The van der Waals surface area contributed by atoms with Crippen molar-refractivity contribution in [2.24, 2.45) is 28.6 Å². The van der Waals surface area contributed by atoms with Crippen LogP contribution in [0.3, 0.4) is 0 Å². The first-order chi connectivity index (χ1) is 21.3. The van der Waals surface area contributed by atoms with Crippen LogP contribution in [0.1, 0.15) is 75.9 Å². The van der Waals surface area contributed by atoms with Crippen molar-refractivity contribution in [2.75, 3.05) is 6.61 Å². The second-order valence-corrected chi connectivity index (χ2v) is 13.9. The van der Waals surface area contributed by atoms with E-state index in [1.807, 2.05) is 6.92 Å². The Labute approximate surface area is 266 Å².